The molecule has 0 spiro atoms. The fraction of sp³-hybridized carbons (Fsp3) is 0.852. The van der Waals surface area contributed by atoms with Crippen LogP contribution in [0.3, 0.4) is 0 Å². The first-order chi connectivity index (χ1) is 18.3. The van der Waals surface area contributed by atoms with E-state index in [0.717, 1.165) is 0 Å². The van der Waals surface area contributed by atoms with E-state index in [2.05, 4.69) is 5.32 Å². The molecule has 0 atom stereocenters. The van der Waals surface area contributed by atoms with E-state index in [1.54, 1.807) is 62.3 Å². The van der Waals surface area contributed by atoms with Crippen LogP contribution in [0.25, 0.3) is 0 Å². The van der Waals surface area contributed by atoms with Gasteiger partial charge >= 0.3 is 18.3 Å². The van der Waals surface area contributed by atoms with Crippen molar-refractivity contribution in [1.82, 2.24) is 24.9 Å². The molecule has 0 aromatic rings. The van der Waals surface area contributed by atoms with E-state index in [0.29, 0.717) is 26.2 Å². The number of amides is 4. The first-order valence-corrected chi connectivity index (χ1v) is 13.9. The van der Waals surface area contributed by atoms with E-state index < -0.39 is 35.1 Å². The van der Waals surface area contributed by atoms with Crippen molar-refractivity contribution in [2.75, 3.05) is 72.0 Å². The molecule has 0 unspecified atom stereocenters. The highest BCUT2D eigenvalue weighted by Crippen LogP contribution is 2.14. The quantitative estimate of drug-likeness (QED) is 0.483. The minimum absolute atomic E-state index is 0.0638. The Labute approximate surface area is 239 Å². The topological polar surface area (TPSA) is 147 Å². The third kappa shape index (κ3) is 15.1. The molecule has 0 aliphatic carbocycles. The van der Waals surface area contributed by atoms with Gasteiger partial charge in [0.1, 0.15) is 16.8 Å². The third-order valence-corrected chi connectivity index (χ3v) is 5.44. The molecular formula is C27H52N6O7. The number of nitrogens with two attached hydrogens (primary N) is 1. The van der Waals surface area contributed by atoms with E-state index in [9.17, 15) is 19.2 Å². The van der Waals surface area contributed by atoms with E-state index >= 15 is 0 Å². The van der Waals surface area contributed by atoms with Crippen LogP contribution in [0, 0.1) is 0 Å². The first-order valence-electron chi connectivity index (χ1n) is 13.9. The molecule has 13 heteroatoms. The maximum atomic E-state index is 13.1. The number of carbonyl (C=O) groups excluding carboxylic acids is 4. The van der Waals surface area contributed by atoms with Crippen LogP contribution in [-0.4, -0.2) is 133 Å². The van der Waals surface area contributed by atoms with Crippen LogP contribution in [0.1, 0.15) is 62.3 Å². The minimum atomic E-state index is -0.721. The maximum absolute atomic E-state index is 13.1. The number of nitrogens with zero attached hydrogens (tertiary/aromatic N) is 4. The van der Waals surface area contributed by atoms with Crippen molar-refractivity contribution in [2.24, 2.45) is 5.73 Å². The van der Waals surface area contributed by atoms with Crippen LogP contribution in [0.2, 0.25) is 0 Å². The number of carbonyl (C=O) groups is 4. The molecule has 0 radical (unpaired) electrons. The summed E-state index contributed by atoms with van der Waals surface area (Å²) in [5, 5.41) is 2.76. The summed E-state index contributed by atoms with van der Waals surface area (Å²) in [5.74, 6) is -0.207. The lowest BCUT2D eigenvalue weighted by atomic mass is 10.2. The zero-order valence-electron chi connectivity index (χ0n) is 26.0. The standard InChI is InChI=1S/C27H52N6O7/c1-25(2,3)38-22(35)31-14-12-30(20-21(34)29-11-10-28)13-15-32(23(36)39-26(4,5)6)17-19-33(18-16-31)24(37)40-27(7,8)9/h10-20,28H2,1-9H3,(H,29,34). The molecule has 3 N–H and O–H groups in total. The second kappa shape index (κ2) is 15.3. The van der Waals surface area contributed by atoms with Crippen molar-refractivity contribution in [3.8, 4) is 0 Å². The number of ether oxygens (including phenoxy) is 3. The molecule has 1 aliphatic rings. The summed E-state index contributed by atoms with van der Waals surface area (Å²) in [7, 11) is 0. The molecule has 1 rings (SSSR count). The van der Waals surface area contributed by atoms with Crippen molar-refractivity contribution < 1.29 is 33.4 Å². The smallest absolute Gasteiger partial charge is 0.410 e. The second-order valence-corrected chi connectivity index (χ2v) is 12.8. The van der Waals surface area contributed by atoms with Crippen LogP contribution in [0.5, 0.6) is 0 Å². The zero-order chi connectivity index (χ0) is 30.7. The molecule has 1 saturated heterocycles. The largest absolute Gasteiger partial charge is 0.444 e. The lowest BCUT2D eigenvalue weighted by molar-refractivity contribution is -0.122. The molecule has 0 aromatic carbocycles. The van der Waals surface area contributed by atoms with Crippen LogP contribution in [0.4, 0.5) is 14.4 Å². The number of hydrogen-bond acceptors (Lipinski definition) is 9. The molecule has 0 saturated carbocycles. The normalized spacial score (nSPS) is 16.9. The molecule has 1 heterocycles. The van der Waals surface area contributed by atoms with Gasteiger partial charge in [-0.25, -0.2) is 14.4 Å². The fourth-order valence-electron chi connectivity index (χ4n) is 3.61. The lowest BCUT2D eigenvalue weighted by Gasteiger charge is -2.35. The second-order valence-electron chi connectivity index (χ2n) is 12.8. The molecule has 1 aliphatic heterocycles. The predicted molar refractivity (Wildman–Crippen MR) is 152 cm³/mol. The summed E-state index contributed by atoms with van der Waals surface area (Å²) in [4.78, 5) is 58.1. The molecule has 13 nitrogen and oxygen atoms in total. The van der Waals surface area contributed by atoms with Gasteiger partial charge in [-0.2, -0.15) is 0 Å². The van der Waals surface area contributed by atoms with Crippen molar-refractivity contribution >= 4 is 24.2 Å². The predicted octanol–water partition coefficient (Wildman–Crippen LogP) is 2.09. The Hall–Kier alpha value is -2.80. The summed E-state index contributed by atoms with van der Waals surface area (Å²) in [6.45, 7) is 18.6. The van der Waals surface area contributed by atoms with Gasteiger partial charge in [-0.05, 0) is 62.3 Å². The van der Waals surface area contributed by atoms with Gasteiger partial charge < -0.3 is 40.0 Å². The summed E-state index contributed by atoms with van der Waals surface area (Å²) >= 11 is 0. The molecule has 0 bridgehead atoms. The van der Waals surface area contributed by atoms with E-state index in [1.807, 2.05) is 4.90 Å². The van der Waals surface area contributed by atoms with Crippen molar-refractivity contribution in [1.29, 1.82) is 0 Å². The van der Waals surface area contributed by atoms with Gasteiger partial charge in [-0.1, -0.05) is 0 Å². The van der Waals surface area contributed by atoms with Gasteiger partial charge in [-0.15, -0.1) is 0 Å². The zero-order valence-corrected chi connectivity index (χ0v) is 26.0. The molecule has 232 valence electrons. The molecular weight excluding hydrogens is 520 g/mol. The van der Waals surface area contributed by atoms with E-state index in [1.165, 1.54) is 14.7 Å². The van der Waals surface area contributed by atoms with Gasteiger partial charge in [-0.3, -0.25) is 9.69 Å². The highest BCUT2D eigenvalue weighted by atomic mass is 16.6. The minimum Gasteiger partial charge on any atom is -0.444 e. The van der Waals surface area contributed by atoms with Gasteiger partial charge in [0.2, 0.25) is 5.91 Å². The Morgan fingerprint density at radius 1 is 0.600 bits per heavy atom. The number of hydrogen-bond donors (Lipinski definition) is 2. The molecule has 4 amide bonds. The van der Waals surface area contributed by atoms with Crippen LogP contribution in [-0.2, 0) is 19.0 Å². The Morgan fingerprint density at radius 2 is 0.900 bits per heavy atom. The Morgan fingerprint density at radius 3 is 1.18 bits per heavy atom. The summed E-state index contributed by atoms with van der Waals surface area (Å²) in [6, 6.07) is 0. The Bertz CT molecular complexity index is 804. The SMILES string of the molecule is CC(C)(C)OC(=O)N1CCN(CC(=O)NCCN)CCN(C(=O)OC(C)(C)C)CCN(C(=O)OC(C)(C)C)CC1. The van der Waals surface area contributed by atoms with Crippen molar-refractivity contribution in [3.63, 3.8) is 0 Å². The van der Waals surface area contributed by atoms with Gasteiger partial charge in [0, 0.05) is 65.4 Å². The fourth-order valence-corrected chi connectivity index (χ4v) is 3.61. The highest BCUT2D eigenvalue weighted by molar-refractivity contribution is 5.78. The lowest BCUT2D eigenvalue weighted by Crippen LogP contribution is -2.52. The maximum Gasteiger partial charge on any atom is 0.410 e. The average Bonchev–Trinajstić information content (AvgIpc) is 2.75. The number of nitrogens with one attached hydrogen (secondary N) is 1. The van der Waals surface area contributed by atoms with Crippen molar-refractivity contribution in [2.45, 2.75) is 79.1 Å². The van der Waals surface area contributed by atoms with Crippen LogP contribution >= 0.6 is 0 Å². The molecule has 0 aromatic heterocycles. The third-order valence-electron chi connectivity index (χ3n) is 5.44. The average molecular weight is 573 g/mol. The monoisotopic (exact) mass is 572 g/mol. The van der Waals surface area contributed by atoms with Crippen LogP contribution < -0.4 is 11.1 Å². The van der Waals surface area contributed by atoms with Gasteiger partial charge in [0.05, 0.1) is 6.54 Å². The highest BCUT2D eigenvalue weighted by Gasteiger charge is 2.29. The molecule has 40 heavy (non-hydrogen) atoms. The Balaban J connectivity index is 3.27. The summed E-state index contributed by atoms with van der Waals surface area (Å²) in [5.41, 5.74) is 3.38. The van der Waals surface area contributed by atoms with Gasteiger partial charge in [0.15, 0.2) is 0 Å². The van der Waals surface area contributed by atoms with E-state index in [-0.39, 0.29) is 51.7 Å². The van der Waals surface area contributed by atoms with Crippen LogP contribution in [0.15, 0.2) is 0 Å². The molecule has 1 fully saturated rings. The summed E-state index contributed by atoms with van der Waals surface area (Å²) < 4.78 is 16.8. The van der Waals surface area contributed by atoms with Gasteiger partial charge in [0.25, 0.3) is 0 Å². The van der Waals surface area contributed by atoms with Crippen molar-refractivity contribution in [3.05, 3.63) is 0 Å². The first kappa shape index (κ1) is 35.2. The number of rotatable bonds is 4. The van der Waals surface area contributed by atoms with E-state index in [4.69, 9.17) is 19.9 Å². The summed E-state index contributed by atoms with van der Waals surface area (Å²) in [6.07, 6.45) is -1.58. The Kier molecular flexibility index (Phi) is 13.4.